The number of rotatable bonds is 52. The van der Waals surface area contributed by atoms with E-state index in [0.717, 1.165) is 22.5 Å². The van der Waals surface area contributed by atoms with Crippen molar-refractivity contribution in [3.63, 3.8) is 0 Å². The van der Waals surface area contributed by atoms with Gasteiger partial charge in [-0.3, -0.25) is 49.0 Å². The number of aromatic amines is 1. The molecule has 0 bridgehead atoms. The Bertz CT molecular complexity index is 3160. The molecule has 0 aliphatic rings. The molecule has 0 saturated heterocycles. The summed E-state index contributed by atoms with van der Waals surface area (Å²) >= 11 is 0. The zero-order valence-electron chi connectivity index (χ0n) is 54.7. The molecular formula is C64H91N13O19. The zero-order chi connectivity index (χ0) is 69.9. The van der Waals surface area contributed by atoms with Gasteiger partial charge in [0.25, 0.3) is 11.4 Å². The summed E-state index contributed by atoms with van der Waals surface area (Å²) in [6.45, 7) is 7.88. The summed E-state index contributed by atoms with van der Waals surface area (Å²) in [4.78, 5) is 131. The Balaban J connectivity index is 1.13. The molecule has 4 aromatic rings. The summed E-state index contributed by atoms with van der Waals surface area (Å²) in [6.07, 6.45) is 3.96. The second-order valence-electron chi connectivity index (χ2n) is 22.7. The number of urea groups is 1. The molecule has 7 amide bonds. The number of azide groups is 1. The van der Waals surface area contributed by atoms with Crippen LogP contribution in [-0.2, 0) is 81.4 Å². The van der Waals surface area contributed by atoms with Crippen LogP contribution in [0, 0.1) is 43.9 Å². The molecule has 1 aromatic heterocycles. The molecule has 0 fully saturated rings. The number of hydrogen-bond acceptors (Lipinski definition) is 20. The van der Waals surface area contributed by atoms with Gasteiger partial charge in [-0.05, 0) is 91.8 Å². The summed E-state index contributed by atoms with van der Waals surface area (Å²) in [5.41, 5.74) is 15.9. The summed E-state index contributed by atoms with van der Waals surface area (Å²) < 4.78 is 38.1. The van der Waals surface area contributed by atoms with Gasteiger partial charge in [0, 0.05) is 103 Å². The molecule has 4 rings (SSSR count). The fraction of sp³-hybridized carbons (Fsp3) is 0.562. The Morgan fingerprint density at radius 2 is 1.25 bits per heavy atom. The maximum atomic E-state index is 13.8. The predicted octanol–water partition coefficient (Wildman–Crippen LogP) is 6.21. The lowest BCUT2D eigenvalue weighted by Gasteiger charge is -2.24. The number of ketones is 2. The number of hydrogen-bond donors (Lipinski definition) is 8. The number of carbonyl (C=O) groups excluding carboxylic acids is 8. The number of unbranched alkanes of at least 4 members (excludes halogenated alkanes) is 1. The number of para-hydroxylation sites is 1. The van der Waals surface area contributed by atoms with Gasteiger partial charge in [-0.1, -0.05) is 62.6 Å². The number of nitro benzene ring substituents is 2. The number of alkyl carbamates (subject to hydrolysis) is 1. The number of ether oxygens (including phenoxy) is 7. The molecule has 0 unspecified atom stereocenters. The Hall–Kier alpha value is -9.17. The first-order valence-corrected chi connectivity index (χ1v) is 31.9. The summed E-state index contributed by atoms with van der Waals surface area (Å²) in [6, 6.07) is 15.9. The highest BCUT2D eigenvalue weighted by molar-refractivity contribution is 5.97. The summed E-state index contributed by atoms with van der Waals surface area (Å²) in [5.74, 6) is -4.26. The monoisotopic (exact) mass is 1350 g/mol. The number of primary amides is 1. The molecule has 0 spiro atoms. The summed E-state index contributed by atoms with van der Waals surface area (Å²) in [5, 5.41) is 43.1. The van der Waals surface area contributed by atoms with Gasteiger partial charge in [0.2, 0.25) is 23.6 Å². The second-order valence-corrected chi connectivity index (χ2v) is 22.7. The lowest BCUT2D eigenvalue weighted by Crippen LogP contribution is -2.47. The van der Waals surface area contributed by atoms with Crippen molar-refractivity contribution in [2.75, 3.05) is 117 Å². The molecule has 0 radical (unpaired) electrons. The van der Waals surface area contributed by atoms with E-state index in [1.54, 1.807) is 38.1 Å². The smallest absolute Gasteiger partial charge is 0.407 e. The van der Waals surface area contributed by atoms with Crippen LogP contribution in [0.4, 0.5) is 26.7 Å². The Kier molecular flexibility index (Phi) is 38.0. The number of nitrogens with two attached hydrogens (primary N) is 1. The number of aromatic nitrogens is 1. The molecule has 32 heteroatoms. The average molecular weight is 1350 g/mol. The Labute approximate surface area is 556 Å². The normalized spacial score (nSPS) is 12.3. The van der Waals surface area contributed by atoms with Crippen LogP contribution >= 0.6 is 0 Å². The van der Waals surface area contributed by atoms with Crippen molar-refractivity contribution >= 4 is 75.3 Å². The van der Waals surface area contributed by atoms with Gasteiger partial charge in [-0.25, -0.2) is 9.59 Å². The third-order valence-electron chi connectivity index (χ3n) is 14.9. The number of carbonyl (C=O) groups is 8. The third-order valence-corrected chi connectivity index (χ3v) is 14.9. The number of Topliss-reactive ketones (excluding diaryl/α,β-unsaturated/α-hetero) is 2. The molecule has 3 aromatic carbocycles. The van der Waals surface area contributed by atoms with Gasteiger partial charge >= 0.3 is 12.1 Å². The van der Waals surface area contributed by atoms with E-state index in [2.05, 4.69) is 46.9 Å². The van der Waals surface area contributed by atoms with Gasteiger partial charge < -0.3 is 75.8 Å². The first kappa shape index (κ1) is 79.3. The number of nitrogens with one attached hydrogen (secondary N) is 7. The van der Waals surface area contributed by atoms with E-state index in [4.69, 9.17) is 44.4 Å². The number of nitrogens with zero attached hydrogens (tertiary/aromatic N) is 5. The molecule has 1 heterocycles. The van der Waals surface area contributed by atoms with E-state index < -0.39 is 68.8 Å². The lowest BCUT2D eigenvalue weighted by atomic mass is 9.88. The molecule has 96 heavy (non-hydrogen) atoms. The first-order chi connectivity index (χ1) is 46.3. The minimum atomic E-state index is -0.969. The minimum Gasteiger partial charge on any atom is -0.445 e. The zero-order valence-corrected chi connectivity index (χ0v) is 54.7. The van der Waals surface area contributed by atoms with E-state index in [1.165, 1.54) is 12.1 Å². The van der Waals surface area contributed by atoms with Crippen LogP contribution in [0.5, 0.6) is 0 Å². The van der Waals surface area contributed by atoms with Gasteiger partial charge in [0.1, 0.15) is 25.6 Å². The number of anilines is 1. The van der Waals surface area contributed by atoms with Crippen molar-refractivity contribution in [1.82, 2.24) is 31.6 Å². The van der Waals surface area contributed by atoms with Crippen molar-refractivity contribution in [1.29, 1.82) is 0 Å². The van der Waals surface area contributed by atoms with Crippen LogP contribution in [-0.4, -0.2) is 180 Å². The van der Waals surface area contributed by atoms with Crippen LogP contribution < -0.4 is 37.6 Å². The highest BCUT2D eigenvalue weighted by Crippen LogP contribution is 2.27. The van der Waals surface area contributed by atoms with Crippen LogP contribution in [0.1, 0.15) is 88.8 Å². The highest BCUT2D eigenvalue weighted by Gasteiger charge is 2.30. The minimum absolute atomic E-state index is 0.0351. The Morgan fingerprint density at radius 3 is 1.92 bits per heavy atom. The maximum absolute atomic E-state index is 13.8. The molecule has 0 aliphatic carbocycles. The average Bonchev–Trinajstić information content (AvgIpc) is 1.59. The van der Waals surface area contributed by atoms with Gasteiger partial charge in [-0.15, -0.1) is 0 Å². The van der Waals surface area contributed by atoms with Crippen LogP contribution in [0.3, 0.4) is 0 Å². The standard InChI is InChI=1S/C64H91N13O19/c1-44(2)60(57(79)38-49(12-9-22-69-63(65)84)62(83)73-51-18-15-46(16-19-51)41-96-64(85)70-23-8-11-47-17-20-52(76(86)87)39-55(47)77(88)89)74-59(81)43-95-35-33-92-30-28-90-26-24-68-61(82)48(37-56(78)45(3)36-50-40-71-54-14-5-4-13-53(50)54)10-6-7-21-67-58(80)42-94-34-32-93-31-29-91-27-25-72-75-66/h4-5,13-20,39-40,44-45,48-49,60,71H,6-12,21-38,41-43H2,1-3H3,(H,67,80)(H,68,82)(H,70,85)(H,73,83)(H,74,81)(H3,65,69,84)/t45-,48+,49+,60-/m0/s1. The van der Waals surface area contributed by atoms with E-state index in [1.807, 2.05) is 37.4 Å². The van der Waals surface area contributed by atoms with E-state index in [0.29, 0.717) is 69.7 Å². The van der Waals surface area contributed by atoms with Crippen LogP contribution in [0.25, 0.3) is 21.3 Å². The highest BCUT2D eigenvalue weighted by atomic mass is 16.6. The number of benzene rings is 3. The van der Waals surface area contributed by atoms with Crippen molar-refractivity contribution < 1.29 is 81.4 Å². The lowest BCUT2D eigenvalue weighted by molar-refractivity contribution is -0.394. The van der Waals surface area contributed by atoms with Crippen LogP contribution in [0.2, 0.25) is 0 Å². The Morgan fingerprint density at radius 1 is 0.635 bits per heavy atom. The van der Waals surface area contributed by atoms with Crippen molar-refractivity contribution in [3.05, 3.63) is 120 Å². The first-order valence-electron chi connectivity index (χ1n) is 31.9. The molecule has 0 saturated carbocycles. The van der Waals surface area contributed by atoms with Gasteiger partial charge in [0.05, 0.1) is 88.0 Å². The van der Waals surface area contributed by atoms with E-state index in [-0.39, 0.29) is 159 Å². The quantitative estimate of drug-likeness (QED) is 0.00608. The van der Waals surface area contributed by atoms with Crippen molar-refractivity contribution in [3.8, 4) is 0 Å². The molecule has 526 valence electrons. The van der Waals surface area contributed by atoms with E-state index in [9.17, 15) is 58.6 Å². The number of nitro groups is 2. The molecule has 32 nitrogen and oxygen atoms in total. The summed E-state index contributed by atoms with van der Waals surface area (Å²) in [7, 11) is 0. The fourth-order valence-corrected chi connectivity index (χ4v) is 9.79. The predicted molar refractivity (Wildman–Crippen MR) is 351 cm³/mol. The van der Waals surface area contributed by atoms with Gasteiger partial charge in [-0.2, -0.15) is 0 Å². The van der Waals surface area contributed by atoms with E-state index >= 15 is 0 Å². The number of H-pyrrole nitrogens is 1. The third kappa shape index (κ3) is 32.3. The van der Waals surface area contributed by atoms with Crippen molar-refractivity contribution in [2.24, 2.45) is 34.5 Å². The molecular weight excluding hydrogens is 1250 g/mol. The number of non-ortho nitro benzene ring substituents is 1. The second kappa shape index (κ2) is 46.0. The SMILES string of the molecule is CC(C)[C@H](NC(=O)COCCOCCOCCNC(=O)[C@H](CCCCNC(=O)COCCOCCOCCN=[N+]=[N-])CC(=O)[C@@H](C)Cc1c[nH]c2ccccc12)C(=O)C[C@@H](CCCNC(N)=O)C(=O)Nc1ccc(COC(=O)NCCCc2ccc([N+](=O)[O-])cc2[N+](=O)[O-])cc1. The topological polar surface area (TPSA) is 450 Å². The fourth-order valence-electron chi connectivity index (χ4n) is 9.79. The number of aryl methyl sites for hydroxylation is 1. The van der Waals surface area contributed by atoms with Crippen LogP contribution in [0.15, 0.2) is 78.0 Å². The number of amides is 7. The van der Waals surface area contributed by atoms with Crippen molar-refractivity contribution in [2.45, 2.75) is 97.6 Å². The molecule has 4 atom stereocenters. The molecule has 0 aliphatic heterocycles. The maximum Gasteiger partial charge on any atom is 0.407 e. The number of fused-ring (bicyclic) bond motifs is 1. The largest absolute Gasteiger partial charge is 0.445 e. The van der Waals surface area contributed by atoms with Gasteiger partial charge in [0.15, 0.2) is 5.78 Å². The molecule has 9 N–H and O–H groups in total.